The molecule has 1 saturated carbocycles. The number of aryl methyl sites for hydroxylation is 2. The molecule has 1 fully saturated rings. The molecule has 1 aromatic heterocycles. The summed E-state index contributed by atoms with van der Waals surface area (Å²) in [7, 11) is 1.87. The number of hydrogen-bond acceptors (Lipinski definition) is 3. The summed E-state index contributed by atoms with van der Waals surface area (Å²) in [4.78, 5) is 4.42. The Morgan fingerprint density at radius 3 is 2.71 bits per heavy atom. The summed E-state index contributed by atoms with van der Waals surface area (Å²) >= 11 is 0. The van der Waals surface area contributed by atoms with Crippen molar-refractivity contribution in [2.45, 2.75) is 71.9 Å². The van der Waals surface area contributed by atoms with Gasteiger partial charge in [-0.05, 0) is 50.4 Å². The van der Waals surface area contributed by atoms with Gasteiger partial charge in [0.1, 0.15) is 11.6 Å². The van der Waals surface area contributed by atoms with Gasteiger partial charge < -0.3 is 15.2 Å². The van der Waals surface area contributed by atoms with Gasteiger partial charge in [0.05, 0.1) is 0 Å². The number of hydrogen-bond donors (Lipinski definition) is 2. The van der Waals surface area contributed by atoms with E-state index in [4.69, 9.17) is 0 Å². The van der Waals surface area contributed by atoms with E-state index in [2.05, 4.69) is 44.2 Å². The third-order valence-electron chi connectivity index (χ3n) is 5.69. The molecule has 0 saturated heterocycles. The quantitative estimate of drug-likeness (QED) is 0.658. The van der Waals surface area contributed by atoms with E-state index in [-0.39, 0.29) is 0 Å². The highest BCUT2D eigenvalue weighted by Gasteiger charge is 2.27. The first-order valence-corrected chi connectivity index (χ1v) is 9.33. The molecule has 1 aliphatic carbocycles. The van der Waals surface area contributed by atoms with E-state index in [1.54, 1.807) is 0 Å². The molecule has 24 heavy (non-hydrogen) atoms. The Hall–Kier alpha value is -1.59. The van der Waals surface area contributed by atoms with Gasteiger partial charge in [0.15, 0.2) is 5.96 Å². The molecule has 1 aromatic rings. The van der Waals surface area contributed by atoms with E-state index in [9.17, 15) is 0 Å². The second-order valence-electron chi connectivity index (χ2n) is 8.21. The monoisotopic (exact) mass is 332 g/mol. The molecule has 134 valence electrons. The molecule has 2 N–H and O–H groups in total. The van der Waals surface area contributed by atoms with Crippen molar-refractivity contribution < 1.29 is 0 Å². The molecule has 6 heteroatoms. The van der Waals surface area contributed by atoms with Gasteiger partial charge in [-0.2, -0.15) is 0 Å². The summed E-state index contributed by atoms with van der Waals surface area (Å²) in [6.45, 7) is 8.75. The van der Waals surface area contributed by atoms with Crippen molar-refractivity contribution in [2.75, 3.05) is 13.6 Å². The molecule has 0 spiro atoms. The van der Waals surface area contributed by atoms with E-state index >= 15 is 0 Å². The van der Waals surface area contributed by atoms with Gasteiger partial charge in [-0.1, -0.05) is 13.8 Å². The molecule has 0 aromatic carbocycles. The van der Waals surface area contributed by atoms with Gasteiger partial charge in [0.25, 0.3) is 0 Å². The third-order valence-corrected chi connectivity index (χ3v) is 5.69. The lowest BCUT2D eigenvalue weighted by Crippen LogP contribution is -2.47. The summed E-state index contributed by atoms with van der Waals surface area (Å²) < 4.78 is 2.26. The van der Waals surface area contributed by atoms with Crippen molar-refractivity contribution in [3.8, 4) is 0 Å². The number of rotatable bonds is 3. The summed E-state index contributed by atoms with van der Waals surface area (Å²) in [6, 6.07) is 0.558. The largest absolute Gasteiger partial charge is 0.356 e. The highest BCUT2D eigenvalue weighted by molar-refractivity contribution is 5.79. The van der Waals surface area contributed by atoms with Crippen LogP contribution in [0.4, 0.5) is 0 Å². The maximum atomic E-state index is 4.42. The number of nitrogens with zero attached hydrogens (tertiary/aromatic N) is 4. The first kappa shape index (κ1) is 17.2. The van der Waals surface area contributed by atoms with Crippen molar-refractivity contribution in [3.63, 3.8) is 0 Å². The lowest BCUT2D eigenvalue weighted by molar-refractivity contribution is 0.216. The Balaban J connectivity index is 1.46. The lowest BCUT2D eigenvalue weighted by Gasteiger charge is -2.35. The van der Waals surface area contributed by atoms with E-state index in [0.717, 1.165) is 37.1 Å². The minimum Gasteiger partial charge on any atom is -0.356 e. The topological polar surface area (TPSA) is 67.1 Å². The standard InChI is InChI=1S/C18H32N6/c1-13-22-23-16-6-5-14(12-24(13)16)11-20-17(19-4)21-15-7-9-18(2,3)10-8-15/h14-15H,5-12H2,1-4H3,(H2,19,20,21). The first-order chi connectivity index (χ1) is 11.5. The summed E-state index contributed by atoms with van der Waals surface area (Å²) in [6.07, 6.45) is 7.25. The van der Waals surface area contributed by atoms with Crippen LogP contribution in [0.3, 0.4) is 0 Å². The maximum Gasteiger partial charge on any atom is 0.191 e. The number of aliphatic imine (C=N–C) groups is 1. The number of aromatic nitrogens is 3. The zero-order valence-electron chi connectivity index (χ0n) is 15.6. The lowest BCUT2D eigenvalue weighted by atomic mass is 9.75. The highest BCUT2D eigenvalue weighted by atomic mass is 15.3. The predicted molar refractivity (Wildman–Crippen MR) is 97.1 cm³/mol. The molecule has 2 aliphatic rings. The van der Waals surface area contributed by atoms with Crippen LogP contribution in [0, 0.1) is 18.3 Å². The summed E-state index contributed by atoms with van der Waals surface area (Å²) in [5, 5.41) is 15.6. The van der Waals surface area contributed by atoms with Crippen LogP contribution in [0.1, 0.15) is 57.6 Å². The maximum absolute atomic E-state index is 4.42. The van der Waals surface area contributed by atoms with Crippen LogP contribution in [0.5, 0.6) is 0 Å². The average Bonchev–Trinajstić information content (AvgIpc) is 2.94. The molecular weight excluding hydrogens is 300 g/mol. The van der Waals surface area contributed by atoms with Crippen molar-refractivity contribution in [3.05, 3.63) is 11.6 Å². The molecule has 1 atom stereocenters. The van der Waals surface area contributed by atoms with Crippen LogP contribution in [-0.2, 0) is 13.0 Å². The van der Waals surface area contributed by atoms with Crippen LogP contribution < -0.4 is 10.6 Å². The van der Waals surface area contributed by atoms with E-state index in [1.807, 2.05) is 14.0 Å². The minimum absolute atomic E-state index is 0.506. The highest BCUT2D eigenvalue weighted by Crippen LogP contribution is 2.34. The van der Waals surface area contributed by atoms with Gasteiger partial charge in [0, 0.05) is 32.6 Å². The molecule has 2 heterocycles. The summed E-state index contributed by atoms with van der Waals surface area (Å²) in [5.41, 5.74) is 0.506. The van der Waals surface area contributed by atoms with Crippen molar-refractivity contribution in [1.29, 1.82) is 0 Å². The van der Waals surface area contributed by atoms with Crippen molar-refractivity contribution >= 4 is 5.96 Å². The Bertz CT molecular complexity index is 578. The zero-order valence-corrected chi connectivity index (χ0v) is 15.6. The third kappa shape index (κ3) is 4.08. The van der Waals surface area contributed by atoms with Gasteiger partial charge in [0.2, 0.25) is 0 Å². The van der Waals surface area contributed by atoms with Gasteiger partial charge in [-0.15, -0.1) is 10.2 Å². The van der Waals surface area contributed by atoms with Gasteiger partial charge >= 0.3 is 0 Å². The number of fused-ring (bicyclic) bond motifs is 1. The SMILES string of the molecule is CN=C(NCC1CCc2nnc(C)n2C1)NC1CCC(C)(C)CC1. The molecular formula is C18H32N6. The fraction of sp³-hybridized carbons (Fsp3) is 0.833. The number of nitrogens with one attached hydrogen (secondary N) is 2. The fourth-order valence-electron chi connectivity index (χ4n) is 3.87. The Morgan fingerprint density at radius 2 is 2.00 bits per heavy atom. The first-order valence-electron chi connectivity index (χ1n) is 9.33. The van der Waals surface area contributed by atoms with E-state index in [1.165, 1.54) is 32.1 Å². The second-order valence-corrected chi connectivity index (χ2v) is 8.21. The Labute approximate surface area is 145 Å². The van der Waals surface area contributed by atoms with Crippen LogP contribution >= 0.6 is 0 Å². The zero-order chi connectivity index (χ0) is 17.2. The van der Waals surface area contributed by atoms with Crippen LogP contribution in [0.15, 0.2) is 4.99 Å². The normalized spacial score (nSPS) is 24.5. The molecule has 0 amide bonds. The summed E-state index contributed by atoms with van der Waals surface area (Å²) in [5.74, 6) is 3.72. The average molecular weight is 332 g/mol. The fourth-order valence-corrected chi connectivity index (χ4v) is 3.87. The van der Waals surface area contributed by atoms with Crippen LogP contribution in [-0.4, -0.2) is 40.4 Å². The Kier molecular flexibility index (Phi) is 5.11. The van der Waals surface area contributed by atoms with Crippen LogP contribution in [0.25, 0.3) is 0 Å². The second kappa shape index (κ2) is 7.11. The Morgan fingerprint density at radius 1 is 1.25 bits per heavy atom. The van der Waals surface area contributed by atoms with E-state index in [0.29, 0.717) is 17.4 Å². The van der Waals surface area contributed by atoms with Crippen molar-refractivity contribution in [2.24, 2.45) is 16.3 Å². The smallest absolute Gasteiger partial charge is 0.191 e. The molecule has 1 aliphatic heterocycles. The number of guanidine groups is 1. The van der Waals surface area contributed by atoms with Crippen LogP contribution in [0.2, 0.25) is 0 Å². The minimum atomic E-state index is 0.506. The predicted octanol–water partition coefficient (Wildman–Crippen LogP) is 2.28. The van der Waals surface area contributed by atoms with Gasteiger partial charge in [-0.3, -0.25) is 4.99 Å². The molecule has 0 radical (unpaired) electrons. The molecule has 3 rings (SSSR count). The van der Waals surface area contributed by atoms with Crippen molar-refractivity contribution in [1.82, 2.24) is 25.4 Å². The van der Waals surface area contributed by atoms with Gasteiger partial charge in [-0.25, -0.2) is 0 Å². The molecule has 0 bridgehead atoms. The van der Waals surface area contributed by atoms with E-state index < -0.39 is 0 Å². The molecule has 1 unspecified atom stereocenters. The molecule has 6 nitrogen and oxygen atoms in total.